The molecule has 114 valence electrons. The number of H-pyrrole nitrogens is 1. The van der Waals surface area contributed by atoms with Crippen LogP contribution in [0.3, 0.4) is 0 Å². The molecule has 3 heterocycles. The second kappa shape index (κ2) is 5.75. The Bertz CT molecular complexity index is 747. The number of amides is 1. The lowest BCUT2D eigenvalue weighted by Gasteiger charge is -2.22. The third-order valence-electron chi connectivity index (χ3n) is 4.26. The molecule has 5 heteroatoms. The molecule has 1 amide bonds. The normalized spacial score (nSPS) is 17.9. The molecule has 2 aromatic rings. The van der Waals surface area contributed by atoms with E-state index in [1.807, 2.05) is 19.2 Å². The molecule has 5 nitrogen and oxygen atoms in total. The van der Waals surface area contributed by atoms with Crippen LogP contribution in [0.15, 0.2) is 31.1 Å². The number of nitrogens with zero attached hydrogens (tertiary/aromatic N) is 2. The maximum Gasteiger partial charge on any atom is 0.246 e. The van der Waals surface area contributed by atoms with Crippen LogP contribution in [0.5, 0.6) is 0 Å². The molecular weight excluding hydrogens is 278 g/mol. The van der Waals surface area contributed by atoms with Gasteiger partial charge in [0.1, 0.15) is 5.65 Å². The van der Waals surface area contributed by atoms with Gasteiger partial charge in [-0.1, -0.05) is 6.58 Å². The van der Waals surface area contributed by atoms with Gasteiger partial charge in [0.2, 0.25) is 5.91 Å². The van der Waals surface area contributed by atoms with E-state index in [1.165, 1.54) is 6.08 Å². The number of aromatic nitrogens is 2. The fraction of sp³-hybridized carbons (Fsp3) is 0.353. The molecule has 0 radical (unpaired) electrons. The summed E-state index contributed by atoms with van der Waals surface area (Å²) in [4.78, 5) is 33.4. The third kappa shape index (κ3) is 2.54. The van der Waals surface area contributed by atoms with Gasteiger partial charge >= 0.3 is 0 Å². The van der Waals surface area contributed by atoms with Crippen LogP contribution in [0.2, 0.25) is 0 Å². The monoisotopic (exact) mass is 297 g/mol. The lowest BCUT2D eigenvalue weighted by atomic mass is 10.0. The number of hydrogen-bond donors (Lipinski definition) is 1. The average Bonchev–Trinajstić information content (AvgIpc) is 3.14. The Hall–Kier alpha value is -2.43. The first-order valence-corrected chi connectivity index (χ1v) is 7.48. The van der Waals surface area contributed by atoms with E-state index in [0.29, 0.717) is 13.0 Å². The van der Waals surface area contributed by atoms with E-state index >= 15 is 0 Å². The van der Waals surface area contributed by atoms with E-state index in [-0.39, 0.29) is 17.7 Å². The summed E-state index contributed by atoms with van der Waals surface area (Å²) in [5.41, 5.74) is 2.83. The zero-order valence-corrected chi connectivity index (χ0v) is 12.6. The summed E-state index contributed by atoms with van der Waals surface area (Å²) >= 11 is 0. The Kier molecular flexibility index (Phi) is 3.79. The van der Waals surface area contributed by atoms with E-state index in [9.17, 15) is 9.59 Å². The molecule has 2 aromatic heterocycles. The number of pyridine rings is 1. The van der Waals surface area contributed by atoms with Crippen molar-refractivity contribution in [2.24, 2.45) is 0 Å². The highest BCUT2D eigenvalue weighted by molar-refractivity contribution is 5.95. The van der Waals surface area contributed by atoms with Crippen molar-refractivity contribution in [2.45, 2.75) is 32.2 Å². The smallest absolute Gasteiger partial charge is 0.246 e. The number of rotatable bonds is 4. The molecule has 1 aliphatic rings. The minimum Gasteiger partial charge on any atom is -0.346 e. The predicted octanol–water partition coefficient (Wildman–Crippen LogP) is 2.16. The molecule has 0 aliphatic carbocycles. The Labute approximate surface area is 129 Å². The number of aryl methyl sites for hydroxylation is 1. The van der Waals surface area contributed by atoms with Crippen LogP contribution in [-0.2, 0) is 16.0 Å². The van der Waals surface area contributed by atoms with Crippen molar-refractivity contribution in [1.82, 2.24) is 14.9 Å². The van der Waals surface area contributed by atoms with Crippen LogP contribution >= 0.6 is 0 Å². The second-order valence-corrected chi connectivity index (χ2v) is 5.75. The molecule has 1 aliphatic heterocycles. The van der Waals surface area contributed by atoms with Crippen molar-refractivity contribution in [3.63, 3.8) is 0 Å². The lowest BCUT2D eigenvalue weighted by Crippen LogP contribution is -2.40. The van der Waals surface area contributed by atoms with Gasteiger partial charge in [-0.3, -0.25) is 9.59 Å². The first kappa shape index (κ1) is 14.5. The largest absolute Gasteiger partial charge is 0.346 e. The van der Waals surface area contributed by atoms with Gasteiger partial charge in [-0.15, -0.1) is 0 Å². The van der Waals surface area contributed by atoms with Crippen molar-refractivity contribution < 1.29 is 9.59 Å². The second-order valence-electron chi connectivity index (χ2n) is 5.75. The van der Waals surface area contributed by atoms with Crippen LogP contribution in [0, 0.1) is 6.92 Å². The van der Waals surface area contributed by atoms with Crippen molar-refractivity contribution in [3.05, 3.63) is 42.2 Å². The highest BCUT2D eigenvalue weighted by Gasteiger charge is 2.32. The van der Waals surface area contributed by atoms with Gasteiger partial charge < -0.3 is 9.88 Å². The number of likely N-dealkylation sites (tertiary alicyclic amines) is 1. The number of ketones is 1. The number of fused-ring (bicyclic) bond motifs is 1. The molecule has 0 spiro atoms. The van der Waals surface area contributed by atoms with Gasteiger partial charge in [-0.25, -0.2) is 4.98 Å². The summed E-state index contributed by atoms with van der Waals surface area (Å²) in [6.07, 6.45) is 6.82. The molecule has 0 aromatic carbocycles. The van der Waals surface area contributed by atoms with Crippen LogP contribution in [0.4, 0.5) is 0 Å². The van der Waals surface area contributed by atoms with Crippen molar-refractivity contribution in [2.75, 3.05) is 6.54 Å². The molecule has 1 fully saturated rings. The molecule has 1 atom stereocenters. The van der Waals surface area contributed by atoms with E-state index in [0.717, 1.165) is 35.0 Å². The van der Waals surface area contributed by atoms with Crippen molar-refractivity contribution in [3.8, 4) is 0 Å². The molecule has 1 saturated heterocycles. The number of hydrogen-bond acceptors (Lipinski definition) is 3. The first-order chi connectivity index (χ1) is 10.6. The zero-order valence-electron chi connectivity index (χ0n) is 12.6. The molecular formula is C17H19N3O2. The average molecular weight is 297 g/mol. The lowest BCUT2D eigenvalue weighted by molar-refractivity contribution is -0.133. The highest BCUT2D eigenvalue weighted by Crippen LogP contribution is 2.21. The number of aromatic amines is 1. The molecule has 1 unspecified atom stereocenters. The van der Waals surface area contributed by atoms with E-state index in [4.69, 9.17) is 0 Å². The first-order valence-electron chi connectivity index (χ1n) is 7.48. The molecule has 1 N–H and O–H groups in total. The van der Waals surface area contributed by atoms with Crippen LogP contribution in [0.25, 0.3) is 11.0 Å². The maximum absolute atomic E-state index is 12.5. The van der Waals surface area contributed by atoms with Crippen molar-refractivity contribution in [1.29, 1.82) is 0 Å². The number of Topliss-reactive ketones (excluding diaryl/α,β-unsaturated/α-hetero) is 1. The molecule has 22 heavy (non-hydrogen) atoms. The summed E-state index contributed by atoms with van der Waals surface area (Å²) in [6.45, 7) is 6.15. The molecule has 0 bridgehead atoms. The molecule has 3 rings (SSSR count). The number of carbonyl (C=O) groups excluding carboxylic acids is 2. The summed E-state index contributed by atoms with van der Waals surface area (Å²) in [7, 11) is 0. The number of carbonyl (C=O) groups is 2. The quantitative estimate of drug-likeness (QED) is 0.879. The predicted molar refractivity (Wildman–Crippen MR) is 84.5 cm³/mol. The Morgan fingerprint density at radius 1 is 1.55 bits per heavy atom. The number of nitrogens with one attached hydrogen (secondary N) is 1. The topological polar surface area (TPSA) is 66.1 Å². The summed E-state index contributed by atoms with van der Waals surface area (Å²) < 4.78 is 0. The van der Waals surface area contributed by atoms with Gasteiger partial charge in [0.15, 0.2) is 5.78 Å². The van der Waals surface area contributed by atoms with E-state index in [1.54, 1.807) is 11.1 Å². The highest BCUT2D eigenvalue weighted by atomic mass is 16.2. The SMILES string of the molecule is C=CC(=O)N1CCCC1C(=O)Cc1cnc2[nH]cc(C)c2c1. The molecule has 0 saturated carbocycles. The van der Waals surface area contributed by atoms with Gasteiger partial charge in [-0.2, -0.15) is 0 Å². The van der Waals surface area contributed by atoms with Crippen LogP contribution in [-0.4, -0.2) is 39.1 Å². The van der Waals surface area contributed by atoms with Gasteiger partial charge in [-0.05, 0) is 43.0 Å². The standard InChI is InChI=1S/C17H19N3O2/c1-3-16(22)20-6-4-5-14(20)15(21)8-12-7-13-11(2)9-18-17(13)19-10-12/h3,7,9-10,14H,1,4-6,8H2,2H3,(H,18,19). The van der Waals surface area contributed by atoms with E-state index < -0.39 is 0 Å². The van der Waals surface area contributed by atoms with Crippen LogP contribution in [0.1, 0.15) is 24.0 Å². The Balaban J connectivity index is 1.78. The summed E-state index contributed by atoms with van der Waals surface area (Å²) in [5, 5.41) is 1.04. The fourth-order valence-electron chi connectivity index (χ4n) is 3.08. The zero-order chi connectivity index (χ0) is 15.7. The minimum atomic E-state index is -0.325. The summed E-state index contributed by atoms with van der Waals surface area (Å²) in [6, 6.07) is 1.68. The van der Waals surface area contributed by atoms with Crippen LogP contribution < -0.4 is 0 Å². The third-order valence-corrected chi connectivity index (χ3v) is 4.26. The Morgan fingerprint density at radius 3 is 3.14 bits per heavy atom. The Morgan fingerprint density at radius 2 is 2.36 bits per heavy atom. The fourth-order valence-corrected chi connectivity index (χ4v) is 3.08. The maximum atomic E-state index is 12.5. The van der Waals surface area contributed by atoms with Gasteiger partial charge in [0.05, 0.1) is 6.04 Å². The van der Waals surface area contributed by atoms with Gasteiger partial charge in [0.25, 0.3) is 0 Å². The summed E-state index contributed by atoms with van der Waals surface area (Å²) in [5.74, 6) is -0.0899. The van der Waals surface area contributed by atoms with Gasteiger partial charge in [0, 0.05) is 30.7 Å². The van der Waals surface area contributed by atoms with E-state index in [2.05, 4.69) is 16.5 Å². The van der Waals surface area contributed by atoms with Crippen molar-refractivity contribution >= 4 is 22.7 Å². The minimum absolute atomic E-state index is 0.0713.